The Labute approximate surface area is 241 Å². The minimum atomic E-state index is -3.79. The molecule has 0 atom stereocenters. The zero-order valence-electron chi connectivity index (χ0n) is 22.6. The van der Waals surface area contributed by atoms with Gasteiger partial charge >= 0.3 is 0 Å². The van der Waals surface area contributed by atoms with Crippen molar-refractivity contribution in [3.8, 4) is 0 Å². The van der Waals surface area contributed by atoms with Crippen LogP contribution in [0.2, 0.25) is 0 Å². The standard InChI is InChI=1S/C33H32N4O3S/c38-33-31(29-22-27(18-19-30(29)35-33)36-41(39,40)28-12-6-2-7-13-28)32(25-10-4-1-5-11-25)34-26-16-14-24(15-17-26)23-37-20-8-3-9-21-37/h1-2,4-7,10-19,22,34,36H,3,8-9,20-21,23H2,(H,35,38)/b32-31-. The number of nitrogens with one attached hydrogen (secondary N) is 3. The molecule has 208 valence electrons. The van der Waals surface area contributed by atoms with Crippen molar-refractivity contribution in [1.29, 1.82) is 0 Å². The van der Waals surface area contributed by atoms with Crippen LogP contribution in [0.4, 0.5) is 17.1 Å². The third-order valence-corrected chi connectivity index (χ3v) is 8.86. The van der Waals surface area contributed by atoms with Crippen LogP contribution in [0, 0.1) is 0 Å². The molecule has 0 saturated carbocycles. The molecule has 2 aliphatic rings. The second kappa shape index (κ2) is 11.6. The van der Waals surface area contributed by atoms with E-state index in [1.165, 1.54) is 24.8 Å². The summed E-state index contributed by atoms with van der Waals surface area (Å²) in [5.74, 6) is -0.254. The van der Waals surface area contributed by atoms with E-state index in [2.05, 4.69) is 32.4 Å². The number of sulfonamides is 1. The van der Waals surface area contributed by atoms with Crippen LogP contribution in [0.15, 0.2) is 108 Å². The van der Waals surface area contributed by atoms with Gasteiger partial charge in [-0.1, -0.05) is 67.1 Å². The van der Waals surface area contributed by atoms with E-state index in [0.717, 1.165) is 30.9 Å². The van der Waals surface area contributed by atoms with Crippen LogP contribution in [0.3, 0.4) is 0 Å². The lowest BCUT2D eigenvalue weighted by Crippen LogP contribution is -2.29. The maximum atomic E-state index is 13.4. The predicted molar refractivity (Wildman–Crippen MR) is 165 cm³/mol. The van der Waals surface area contributed by atoms with E-state index in [4.69, 9.17) is 0 Å². The van der Waals surface area contributed by atoms with Gasteiger partial charge in [0.1, 0.15) is 0 Å². The minimum absolute atomic E-state index is 0.167. The van der Waals surface area contributed by atoms with Crippen molar-refractivity contribution < 1.29 is 13.2 Å². The summed E-state index contributed by atoms with van der Waals surface area (Å²) in [6.45, 7) is 3.22. The first-order chi connectivity index (χ1) is 20.0. The molecule has 4 aromatic rings. The van der Waals surface area contributed by atoms with Gasteiger partial charge in [0.15, 0.2) is 0 Å². The van der Waals surface area contributed by atoms with Crippen molar-refractivity contribution >= 4 is 44.3 Å². The molecule has 0 radical (unpaired) electrons. The molecule has 7 nitrogen and oxygen atoms in total. The molecule has 0 aliphatic carbocycles. The molecule has 1 amide bonds. The number of hydrogen-bond acceptors (Lipinski definition) is 5. The SMILES string of the molecule is O=C1Nc2ccc(NS(=O)(=O)c3ccccc3)cc2/C1=C(/Nc1ccc(CN2CCCCC2)cc1)c1ccccc1. The Morgan fingerprint density at radius 1 is 0.780 bits per heavy atom. The molecular formula is C33H32N4O3S. The Balaban J connectivity index is 1.34. The lowest BCUT2D eigenvalue weighted by Gasteiger charge is -2.26. The van der Waals surface area contributed by atoms with Crippen molar-refractivity contribution in [2.24, 2.45) is 0 Å². The maximum absolute atomic E-state index is 13.4. The van der Waals surface area contributed by atoms with Crippen LogP contribution >= 0.6 is 0 Å². The van der Waals surface area contributed by atoms with Gasteiger partial charge in [0.05, 0.1) is 16.2 Å². The highest BCUT2D eigenvalue weighted by Crippen LogP contribution is 2.39. The van der Waals surface area contributed by atoms with E-state index in [1.807, 2.05) is 42.5 Å². The Hall–Kier alpha value is -4.40. The second-order valence-electron chi connectivity index (χ2n) is 10.4. The van der Waals surface area contributed by atoms with E-state index >= 15 is 0 Å². The quantitative estimate of drug-likeness (QED) is 0.215. The molecule has 4 aromatic carbocycles. The molecule has 2 aliphatic heterocycles. The summed E-state index contributed by atoms with van der Waals surface area (Å²) < 4.78 is 28.6. The number of carbonyl (C=O) groups excluding carboxylic acids is 1. The van der Waals surface area contributed by atoms with Crippen molar-refractivity contribution in [2.75, 3.05) is 28.4 Å². The summed E-state index contributed by atoms with van der Waals surface area (Å²) in [6.07, 6.45) is 3.83. The largest absolute Gasteiger partial charge is 0.354 e. The van der Waals surface area contributed by atoms with Gasteiger partial charge in [0, 0.05) is 29.2 Å². The molecule has 0 aromatic heterocycles. The van der Waals surface area contributed by atoms with Gasteiger partial charge in [-0.3, -0.25) is 14.4 Å². The van der Waals surface area contributed by atoms with Crippen LogP contribution in [-0.4, -0.2) is 32.3 Å². The average molecular weight is 565 g/mol. The maximum Gasteiger partial charge on any atom is 0.261 e. The van der Waals surface area contributed by atoms with E-state index < -0.39 is 10.0 Å². The topological polar surface area (TPSA) is 90.5 Å². The third kappa shape index (κ3) is 6.04. The highest BCUT2D eigenvalue weighted by molar-refractivity contribution is 7.92. The Kier molecular flexibility index (Phi) is 7.59. The zero-order valence-corrected chi connectivity index (χ0v) is 23.5. The molecule has 2 heterocycles. The molecule has 41 heavy (non-hydrogen) atoms. The summed E-state index contributed by atoms with van der Waals surface area (Å²) in [5, 5.41) is 6.44. The van der Waals surface area contributed by atoms with Crippen molar-refractivity contribution in [3.63, 3.8) is 0 Å². The van der Waals surface area contributed by atoms with Crippen LogP contribution in [0.5, 0.6) is 0 Å². The lowest BCUT2D eigenvalue weighted by molar-refractivity contribution is -0.110. The van der Waals surface area contributed by atoms with E-state index in [1.54, 1.807) is 48.5 Å². The number of piperidine rings is 1. The summed E-state index contributed by atoms with van der Waals surface area (Å²) in [4.78, 5) is 16.0. The Bertz CT molecular complexity index is 1680. The van der Waals surface area contributed by atoms with Gasteiger partial charge in [0.2, 0.25) is 0 Å². The summed E-state index contributed by atoms with van der Waals surface area (Å²) in [5.41, 5.74) is 5.68. The van der Waals surface area contributed by atoms with Gasteiger partial charge < -0.3 is 10.6 Å². The smallest absolute Gasteiger partial charge is 0.261 e. The van der Waals surface area contributed by atoms with Gasteiger partial charge in [-0.25, -0.2) is 8.42 Å². The molecule has 0 bridgehead atoms. The number of benzene rings is 4. The molecule has 0 spiro atoms. The normalized spacial score (nSPS) is 16.5. The fraction of sp³-hybridized carbons (Fsp3) is 0.182. The fourth-order valence-electron chi connectivity index (χ4n) is 5.39. The zero-order chi connectivity index (χ0) is 28.2. The number of likely N-dealkylation sites (tertiary alicyclic amines) is 1. The second-order valence-corrected chi connectivity index (χ2v) is 12.1. The predicted octanol–water partition coefficient (Wildman–Crippen LogP) is 6.41. The van der Waals surface area contributed by atoms with E-state index in [9.17, 15) is 13.2 Å². The van der Waals surface area contributed by atoms with Gasteiger partial charge in [0.25, 0.3) is 15.9 Å². The number of hydrogen-bond donors (Lipinski definition) is 3. The molecule has 8 heteroatoms. The van der Waals surface area contributed by atoms with Gasteiger partial charge in [-0.15, -0.1) is 0 Å². The van der Waals surface area contributed by atoms with Gasteiger partial charge in [-0.05, 0) is 79.5 Å². The van der Waals surface area contributed by atoms with Crippen molar-refractivity contribution in [1.82, 2.24) is 4.90 Å². The van der Waals surface area contributed by atoms with E-state index in [-0.39, 0.29) is 10.8 Å². The summed E-state index contributed by atoms with van der Waals surface area (Å²) in [7, 11) is -3.79. The Morgan fingerprint density at radius 2 is 1.44 bits per heavy atom. The minimum Gasteiger partial charge on any atom is -0.354 e. The molecular weight excluding hydrogens is 532 g/mol. The first-order valence-corrected chi connectivity index (χ1v) is 15.4. The van der Waals surface area contributed by atoms with Crippen LogP contribution < -0.4 is 15.4 Å². The highest BCUT2D eigenvalue weighted by atomic mass is 32.2. The molecule has 1 fully saturated rings. The Morgan fingerprint density at radius 3 is 2.15 bits per heavy atom. The number of nitrogens with zero attached hydrogens (tertiary/aromatic N) is 1. The van der Waals surface area contributed by atoms with Crippen LogP contribution in [-0.2, 0) is 21.4 Å². The number of amides is 1. The number of rotatable bonds is 8. The molecule has 6 rings (SSSR count). The first-order valence-electron chi connectivity index (χ1n) is 13.9. The number of anilines is 3. The monoisotopic (exact) mass is 564 g/mol. The summed E-state index contributed by atoms with van der Waals surface area (Å²) in [6, 6.07) is 31.3. The molecule has 1 saturated heterocycles. The fourth-order valence-corrected chi connectivity index (χ4v) is 6.46. The van der Waals surface area contributed by atoms with Crippen molar-refractivity contribution in [2.45, 2.75) is 30.7 Å². The lowest BCUT2D eigenvalue weighted by atomic mass is 9.99. The number of fused-ring (bicyclic) bond motifs is 1. The summed E-state index contributed by atoms with van der Waals surface area (Å²) >= 11 is 0. The number of carbonyl (C=O) groups is 1. The van der Waals surface area contributed by atoms with Crippen molar-refractivity contribution in [3.05, 3.63) is 120 Å². The average Bonchev–Trinajstić information content (AvgIpc) is 3.32. The van der Waals surface area contributed by atoms with Crippen LogP contribution in [0.1, 0.15) is 36.0 Å². The molecule has 0 unspecified atom stereocenters. The highest BCUT2D eigenvalue weighted by Gasteiger charge is 2.29. The van der Waals surface area contributed by atoms with Crippen LogP contribution in [0.25, 0.3) is 11.3 Å². The molecule has 3 N–H and O–H groups in total. The first kappa shape index (κ1) is 26.8. The van der Waals surface area contributed by atoms with Gasteiger partial charge in [-0.2, -0.15) is 0 Å². The third-order valence-electron chi connectivity index (χ3n) is 7.46. The van der Waals surface area contributed by atoms with E-state index in [0.29, 0.717) is 28.2 Å².